The standard InChI is InChI=1S/C11H15ClFNS/c1-14(6-7-15-2)11-5-3-4-10(13)9(11)8-12/h3-5H,6-8H2,1-2H3. The second-order valence-corrected chi connectivity index (χ2v) is 4.54. The summed E-state index contributed by atoms with van der Waals surface area (Å²) in [6.45, 7) is 0.897. The molecule has 1 nitrogen and oxygen atoms in total. The van der Waals surface area contributed by atoms with Gasteiger partial charge < -0.3 is 4.90 Å². The van der Waals surface area contributed by atoms with Gasteiger partial charge in [0.1, 0.15) is 5.82 Å². The Bertz CT molecular complexity index is 319. The van der Waals surface area contributed by atoms with E-state index in [9.17, 15) is 4.39 Å². The van der Waals surface area contributed by atoms with E-state index in [1.807, 2.05) is 18.0 Å². The highest BCUT2D eigenvalue weighted by atomic mass is 35.5. The number of thioether (sulfide) groups is 1. The summed E-state index contributed by atoms with van der Waals surface area (Å²) in [5.41, 5.74) is 1.47. The Hall–Kier alpha value is -0.410. The Morgan fingerprint density at radius 1 is 1.47 bits per heavy atom. The third kappa shape index (κ3) is 3.28. The molecule has 84 valence electrons. The SMILES string of the molecule is CSCCN(C)c1cccc(F)c1CCl. The number of halogens is 2. The van der Waals surface area contributed by atoms with Gasteiger partial charge in [-0.25, -0.2) is 4.39 Å². The van der Waals surface area contributed by atoms with Gasteiger partial charge in [-0.05, 0) is 18.4 Å². The van der Waals surface area contributed by atoms with E-state index in [1.165, 1.54) is 6.07 Å². The number of hydrogen-bond acceptors (Lipinski definition) is 2. The van der Waals surface area contributed by atoms with Crippen LogP contribution in [0.15, 0.2) is 18.2 Å². The molecule has 0 bridgehead atoms. The van der Waals surface area contributed by atoms with Gasteiger partial charge in [0.2, 0.25) is 0 Å². The molecule has 0 unspecified atom stereocenters. The van der Waals surface area contributed by atoms with E-state index >= 15 is 0 Å². The molecule has 0 saturated carbocycles. The lowest BCUT2D eigenvalue weighted by atomic mass is 10.1. The maximum Gasteiger partial charge on any atom is 0.129 e. The van der Waals surface area contributed by atoms with E-state index < -0.39 is 0 Å². The summed E-state index contributed by atoms with van der Waals surface area (Å²) in [5, 5.41) is 0. The Kier molecular flexibility index (Phi) is 5.26. The monoisotopic (exact) mass is 247 g/mol. The fraction of sp³-hybridized carbons (Fsp3) is 0.455. The van der Waals surface area contributed by atoms with Crippen LogP contribution in [0.2, 0.25) is 0 Å². The minimum atomic E-state index is -0.224. The van der Waals surface area contributed by atoms with Crippen molar-refractivity contribution in [1.82, 2.24) is 0 Å². The smallest absolute Gasteiger partial charge is 0.129 e. The van der Waals surface area contributed by atoms with Crippen LogP contribution in [0.25, 0.3) is 0 Å². The van der Waals surface area contributed by atoms with Crippen LogP contribution in [0.1, 0.15) is 5.56 Å². The zero-order chi connectivity index (χ0) is 11.3. The van der Waals surface area contributed by atoms with Crippen molar-refractivity contribution < 1.29 is 4.39 Å². The van der Waals surface area contributed by atoms with E-state index in [0.29, 0.717) is 5.56 Å². The van der Waals surface area contributed by atoms with Crippen molar-refractivity contribution in [2.45, 2.75) is 5.88 Å². The molecule has 1 aromatic carbocycles. The quantitative estimate of drug-likeness (QED) is 0.734. The fourth-order valence-corrected chi connectivity index (χ4v) is 2.11. The summed E-state index contributed by atoms with van der Waals surface area (Å²) in [6.07, 6.45) is 2.06. The number of hydrogen-bond donors (Lipinski definition) is 0. The fourth-order valence-electron chi connectivity index (χ4n) is 1.39. The van der Waals surface area contributed by atoms with Crippen molar-refractivity contribution in [2.75, 3.05) is 30.5 Å². The lowest BCUT2D eigenvalue weighted by Crippen LogP contribution is -2.21. The topological polar surface area (TPSA) is 3.24 Å². The summed E-state index contributed by atoms with van der Waals surface area (Å²) < 4.78 is 13.4. The second kappa shape index (κ2) is 6.23. The molecule has 0 atom stereocenters. The van der Waals surface area contributed by atoms with Crippen LogP contribution in [0.4, 0.5) is 10.1 Å². The number of anilines is 1. The van der Waals surface area contributed by atoms with Crippen LogP contribution in [-0.2, 0) is 5.88 Å². The average molecular weight is 248 g/mol. The molecule has 0 heterocycles. The minimum absolute atomic E-state index is 0.214. The van der Waals surface area contributed by atoms with Gasteiger partial charge in [0.25, 0.3) is 0 Å². The van der Waals surface area contributed by atoms with Crippen LogP contribution in [0, 0.1) is 5.82 Å². The highest BCUT2D eigenvalue weighted by Crippen LogP contribution is 2.24. The van der Waals surface area contributed by atoms with Gasteiger partial charge in [0, 0.05) is 30.6 Å². The summed E-state index contributed by atoms with van der Waals surface area (Å²) >= 11 is 7.52. The summed E-state index contributed by atoms with van der Waals surface area (Å²) in [7, 11) is 1.96. The number of nitrogens with zero attached hydrogens (tertiary/aromatic N) is 1. The molecule has 0 N–H and O–H groups in total. The minimum Gasteiger partial charge on any atom is -0.373 e. The van der Waals surface area contributed by atoms with E-state index in [2.05, 4.69) is 6.26 Å². The van der Waals surface area contributed by atoms with Crippen molar-refractivity contribution >= 4 is 29.1 Å². The first kappa shape index (κ1) is 12.7. The molecule has 0 spiro atoms. The first-order chi connectivity index (χ1) is 7.20. The van der Waals surface area contributed by atoms with E-state index in [-0.39, 0.29) is 11.7 Å². The molecule has 15 heavy (non-hydrogen) atoms. The van der Waals surface area contributed by atoms with Crippen molar-refractivity contribution in [2.24, 2.45) is 0 Å². The third-order valence-corrected chi connectivity index (χ3v) is 3.13. The van der Waals surface area contributed by atoms with Crippen molar-refractivity contribution in [3.8, 4) is 0 Å². The Morgan fingerprint density at radius 2 is 2.20 bits per heavy atom. The molecule has 0 aliphatic heterocycles. The zero-order valence-electron chi connectivity index (χ0n) is 8.96. The molecule has 0 fully saturated rings. The van der Waals surface area contributed by atoms with Crippen molar-refractivity contribution in [1.29, 1.82) is 0 Å². The average Bonchev–Trinajstić information content (AvgIpc) is 2.25. The molecule has 0 amide bonds. The molecular formula is C11H15ClFNS. The van der Waals surface area contributed by atoms with Gasteiger partial charge in [-0.2, -0.15) is 11.8 Å². The van der Waals surface area contributed by atoms with Crippen LogP contribution in [0.3, 0.4) is 0 Å². The molecule has 0 radical (unpaired) electrons. The van der Waals surface area contributed by atoms with E-state index in [0.717, 1.165) is 18.0 Å². The first-order valence-electron chi connectivity index (χ1n) is 4.74. The molecule has 0 aromatic heterocycles. The van der Waals surface area contributed by atoms with Gasteiger partial charge in [-0.15, -0.1) is 11.6 Å². The van der Waals surface area contributed by atoms with Crippen LogP contribution < -0.4 is 4.90 Å². The molecule has 1 rings (SSSR count). The number of rotatable bonds is 5. The van der Waals surface area contributed by atoms with Gasteiger partial charge in [0.15, 0.2) is 0 Å². The Morgan fingerprint density at radius 3 is 2.80 bits per heavy atom. The van der Waals surface area contributed by atoms with Crippen LogP contribution in [0.5, 0.6) is 0 Å². The molecule has 1 aromatic rings. The molecule has 0 aliphatic rings. The molecule has 4 heteroatoms. The van der Waals surface area contributed by atoms with E-state index in [4.69, 9.17) is 11.6 Å². The maximum absolute atomic E-state index is 13.4. The summed E-state index contributed by atoms with van der Waals surface area (Å²) in [4.78, 5) is 2.04. The largest absolute Gasteiger partial charge is 0.373 e. The molecular weight excluding hydrogens is 233 g/mol. The van der Waals surface area contributed by atoms with E-state index in [1.54, 1.807) is 17.8 Å². The second-order valence-electron chi connectivity index (χ2n) is 3.29. The van der Waals surface area contributed by atoms with Crippen LogP contribution >= 0.6 is 23.4 Å². The van der Waals surface area contributed by atoms with Crippen molar-refractivity contribution in [3.05, 3.63) is 29.6 Å². The lowest BCUT2D eigenvalue weighted by molar-refractivity contribution is 0.616. The zero-order valence-corrected chi connectivity index (χ0v) is 10.5. The number of benzene rings is 1. The van der Waals surface area contributed by atoms with Gasteiger partial charge in [-0.3, -0.25) is 0 Å². The third-order valence-electron chi connectivity index (χ3n) is 2.27. The van der Waals surface area contributed by atoms with Crippen molar-refractivity contribution in [3.63, 3.8) is 0 Å². The molecule has 0 saturated heterocycles. The maximum atomic E-state index is 13.4. The highest BCUT2D eigenvalue weighted by molar-refractivity contribution is 7.98. The van der Waals surface area contributed by atoms with Gasteiger partial charge in [0.05, 0.1) is 5.88 Å². The Balaban J connectivity index is 2.87. The Labute approximate surface area is 99.6 Å². The normalized spacial score (nSPS) is 10.4. The predicted molar refractivity (Wildman–Crippen MR) is 67.6 cm³/mol. The first-order valence-corrected chi connectivity index (χ1v) is 6.67. The number of alkyl halides is 1. The predicted octanol–water partition coefficient (Wildman–Crippen LogP) is 3.36. The lowest BCUT2D eigenvalue weighted by Gasteiger charge is -2.21. The molecule has 0 aliphatic carbocycles. The summed E-state index contributed by atoms with van der Waals surface area (Å²) in [5.74, 6) is 1.01. The van der Waals surface area contributed by atoms with Gasteiger partial charge >= 0.3 is 0 Å². The van der Waals surface area contributed by atoms with Gasteiger partial charge in [-0.1, -0.05) is 6.07 Å². The highest BCUT2D eigenvalue weighted by Gasteiger charge is 2.10. The van der Waals surface area contributed by atoms with Crippen LogP contribution in [-0.4, -0.2) is 25.6 Å². The summed E-state index contributed by atoms with van der Waals surface area (Å²) in [6, 6.07) is 5.07.